The highest BCUT2D eigenvalue weighted by molar-refractivity contribution is 7.92. The molecule has 0 fully saturated rings. The molecule has 10 heteroatoms. The number of nitrogens with one attached hydrogen (secondary N) is 1. The number of carboxylic acid groups (broad SMARTS) is 1. The maximum absolute atomic E-state index is 11.4. The van der Waals surface area contributed by atoms with Crippen molar-refractivity contribution in [1.29, 1.82) is 0 Å². The standard InChI is InChI=1S/C6H11N5O4S/c1-11-8-6(7-10-11)9-16(14,15)4-2-3-5(12)13/h2-4H2,1H3,(H,8,9)(H,12,13). The maximum Gasteiger partial charge on any atom is 0.303 e. The van der Waals surface area contributed by atoms with E-state index in [1.807, 2.05) is 0 Å². The molecule has 1 rings (SSSR count). The fourth-order valence-corrected chi connectivity index (χ4v) is 1.91. The third-order valence-electron chi connectivity index (χ3n) is 1.56. The second-order valence-electron chi connectivity index (χ2n) is 3.02. The van der Waals surface area contributed by atoms with Crippen molar-refractivity contribution in [3.63, 3.8) is 0 Å². The van der Waals surface area contributed by atoms with E-state index in [0.717, 1.165) is 4.80 Å². The third kappa shape index (κ3) is 4.21. The van der Waals surface area contributed by atoms with Crippen LogP contribution in [-0.2, 0) is 21.9 Å². The van der Waals surface area contributed by atoms with E-state index in [9.17, 15) is 13.2 Å². The van der Waals surface area contributed by atoms with Gasteiger partial charge in [-0.1, -0.05) is 5.10 Å². The van der Waals surface area contributed by atoms with E-state index < -0.39 is 16.0 Å². The average molecular weight is 249 g/mol. The quantitative estimate of drug-likeness (QED) is 0.649. The fourth-order valence-electron chi connectivity index (χ4n) is 0.929. The zero-order valence-corrected chi connectivity index (χ0v) is 9.31. The molecule has 0 saturated heterocycles. The summed E-state index contributed by atoms with van der Waals surface area (Å²) < 4.78 is 24.8. The predicted octanol–water partition coefficient (Wildman–Crippen LogP) is -1.18. The molecule has 0 bridgehead atoms. The summed E-state index contributed by atoms with van der Waals surface area (Å²) in [5.41, 5.74) is 0. The lowest BCUT2D eigenvalue weighted by Crippen LogP contribution is -2.18. The summed E-state index contributed by atoms with van der Waals surface area (Å²) in [5.74, 6) is -1.46. The highest BCUT2D eigenvalue weighted by Gasteiger charge is 2.13. The number of aromatic nitrogens is 4. The molecule has 0 spiro atoms. The van der Waals surface area contributed by atoms with E-state index in [0.29, 0.717) is 0 Å². The smallest absolute Gasteiger partial charge is 0.303 e. The maximum atomic E-state index is 11.4. The van der Waals surface area contributed by atoms with Crippen LogP contribution in [0, 0.1) is 0 Å². The Morgan fingerprint density at radius 1 is 1.56 bits per heavy atom. The fraction of sp³-hybridized carbons (Fsp3) is 0.667. The van der Waals surface area contributed by atoms with Crippen molar-refractivity contribution in [1.82, 2.24) is 20.2 Å². The van der Waals surface area contributed by atoms with Gasteiger partial charge in [0.25, 0.3) is 5.95 Å². The summed E-state index contributed by atoms with van der Waals surface area (Å²) >= 11 is 0. The van der Waals surface area contributed by atoms with Crippen LogP contribution in [0.15, 0.2) is 0 Å². The van der Waals surface area contributed by atoms with Crippen LogP contribution in [0.25, 0.3) is 0 Å². The number of hydrogen-bond acceptors (Lipinski definition) is 6. The van der Waals surface area contributed by atoms with Gasteiger partial charge in [-0.25, -0.2) is 13.1 Å². The molecule has 0 aliphatic rings. The zero-order chi connectivity index (χ0) is 12.2. The van der Waals surface area contributed by atoms with Crippen molar-refractivity contribution in [3.8, 4) is 0 Å². The molecule has 0 amide bonds. The molecule has 0 atom stereocenters. The van der Waals surface area contributed by atoms with E-state index >= 15 is 0 Å². The first kappa shape index (κ1) is 12.4. The van der Waals surface area contributed by atoms with E-state index in [1.54, 1.807) is 0 Å². The van der Waals surface area contributed by atoms with Crippen molar-refractivity contribution < 1.29 is 18.3 Å². The lowest BCUT2D eigenvalue weighted by atomic mass is 10.3. The third-order valence-corrected chi connectivity index (χ3v) is 2.88. The lowest BCUT2D eigenvalue weighted by Gasteiger charge is -2.01. The lowest BCUT2D eigenvalue weighted by molar-refractivity contribution is -0.137. The molecule has 1 aromatic rings. The van der Waals surface area contributed by atoms with E-state index in [4.69, 9.17) is 5.11 Å². The van der Waals surface area contributed by atoms with Gasteiger partial charge >= 0.3 is 5.97 Å². The molecule has 2 N–H and O–H groups in total. The zero-order valence-electron chi connectivity index (χ0n) is 8.49. The van der Waals surface area contributed by atoms with Crippen LogP contribution in [0.3, 0.4) is 0 Å². The molecule has 16 heavy (non-hydrogen) atoms. The average Bonchev–Trinajstić information content (AvgIpc) is 2.48. The first-order valence-electron chi connectivity index (χ1n) is 4.35. The number of hydrogen-bond donors (Lipinski definition) is 2. The second-order valence-corrected chi connectivity index (χ2v) is 4.86. The Morgan fingerprint density at radius 2 is 2.25 bits per heavy atom. The molecule has 0 unspecified atom stereocenters. The van der Waals surface area contributed by atoms with Crippen molar-refractivity contribution in [2.45, 2.75) is 12.8 Å². The Kier molecular flexibility index (Phi) is 3.77. The Labute approximate surface area is 91.5 Å². The van der Waals surface area contributed by atoms with Crippen LogP contribution >= 0.6 is 0 Å². The van der Waals surface area contributed by atoms with Crippen LogP contribution in [-0.4, -0.2) is 45.5 Å². The highest BCUT2D eigenvalue weighted by atomic mass is 32.2. The summed E-state index contributed by atoms with van der Waals surface area (Å²) in [5, 5.41) is 18.9. The van der Waals surface area contributed by atoms with E-state index in [1.165, 1.54) is 7.05 Å². The largest absolute Gasteiger partial charge is 0.481 e. The van der Waals surface area contributed by atoms with Crippen LogP contribution < -0.4 is 4.72 Å². The molecule has 1 heterocycles. The molecule has 90 valence electrons. The molecule has 0 aliphatic carbocycles. The minimum Gasteiger partial charge on any atom is -0.481 e. The summed E-state index contributed by atoms with van der Waals surface area (Å²) in [6.45, 7) is 0. The summed E-state index contributed by atoms with van der Waals surface area (Å²) in [7, 11) is -2.11. The van der Waals surface area contributed by atoms with Gasteiger partial charge in [0.2, 0.25) is 10.0 Å². The minimum atomic E-state index is -3.61. The molecule has 0 aliphatic heterocycles. The number of aliphatic carboxylic acids is 1. The Morgan fingerprint density at radius 3 is 2.75 bits per heavy atom. The first-order valence-corrected chi connectivity index (χ1v) is 6.00. The monoisotopic (exact) mass is 249 g/mol. The van der Waals surface area contributed by atoms with E-state index in [2.05, 4.69) is 20.1 Å². The van der Waals surface area contributed by atoms with Gasteiger partial charge in [0.05, 0.1) is 12.8 Å². The number of aryl methyl sites for hydroxylation is 1. The highest BCUT2D eigenvalue weighted by Crippen LogP contribution is 2.01. The topological polar surface area (TPSA) is 127 Å². The van der Waals surface area contributed by atoms with Crippen molar-refractivity contribution in [2.75, 3.05) is 10.5 Å². The molecule has 0 radical (unpaired) electrons. The molecule has 0 saturated carbocycles. The van der Waals surface area contributed by atoms with Gasteiger partial charge in [0.1, 0.15) is 0 Å². The first-order chi connectivity index (χ1) is 7.39. The van der Waals surface area contributed by atoms with Crippen molar-refractivity contribution >= 4 is 21.9 Å². The number of carboxylic acids is 1. The van der Waals surface area contributed by atoms with Crippen LogP contribution in [0.1, 0.15) is 12.8 Å². The van der Waals surface area contributed by atoms with Crippen LogP contribution in [0.4, 0.5) is 5.95 Å². The molecular weight excluding hydrogens is 238 g/mol. The normalized spacial score (nSPS) is 11.3. The van der Waals surface area contributed by atoms with Crippen LogP contribution in [0.5, 0.6) is 0 Å². The van der Waals surface area contributed by atoms with E-state index in [-0.39, 0.29) is 24.5 Å². The Balaban J connectivity index is 2.49. The number of sulfonamides is 1. The van der Waals surface area contributed by atoms with Gasteiger partial charge < -0.3 is 5.11 Å². The molecule has 1 aromatic heterocycles. The summed E-state index contributed by atoms with van der Waals surface area (Å²) in [6.07, 6.45) is -0.167. The predicted molar refractivity (Wildman–Crippen MR) is 53.1 cm³/mol. The van der Waals surface area contributed by atoms with Gasteiger partial charge in [0.15, 0.2) is 0 Å². The van der Waals surface area contributed by atoms with Gasteiger partial charge in [-0.05, 0) is 11.6 Å². The van der Waals surface area contributed by atoms with Crippen LogP contribution in [0.2, 0.25) is 0 Å². The molecule has 0 aromatic carbocycles. The van der Waals surface area contributed by atoms with Gasteiger partial charge in [-0.15, -0.1) is 5.10 Å². The Hall–Kier alpha value is -1.71. The number of anilines is 1. The van der Waals surface area contributed by atoms with Gasteiger partial charge in [-0.3, -0.25) is 4.79 Å². The van der Waals surface area contributed by atoms with Crippen molar-refractivity contribution in [2.24, 2.45) is 7.05 Å². The number of carbonyl (C=O) groups is 1. The number of tetrazole rings is 1. The molecule has 9 nitrogen and oxygen atoms in total. The SMILES string of the molecule is Cn1nnc(NS(=O)(=O)CCCC(=O)O)n1. The van der Waals surface area contributed by atoms with Crippen molar-refractivity contribution in [3.05, 3.63) is 0 Å². The number of rotatable bonds is 6. The Bertz CT molecular complexity index is 467. The van der Waals surface area contributed by atoms with Gasteiger partial charge in [-0.2, -0.15) is 4.80 Å². The molecular formula is C6H11N5O4S. The van der Waals surface area contributed by atoms with Gasteiger partial charge in [0, 0.05) is 6.42 Å². The second kappa shape index (κ2) is 4.88. The number of nitrogens with zero attached hydrogens (tertiary/aromatic N) is 4. The summed E-state index contributed by atoms with van der Waals surface area (Å²) in [4.78, 5) is 11.3. The summed E-state index contributed by atoms with van der Waals surface area (Å²) in [6, 6.07) is 0. The minimum absolute atomic E-state index is 0.0327.